The number of ketones is 2. The van der Waals surface area contributed by atoms with E-state index in [0.717, 1.165) is 12.0 Å². The van der Waals surface area contributed by atoms with Crippen LogP contribution in [0.15, 0.2) is 78.9 Å². The van der Waals surface area contributed by atoms with Gasteiger partial charge in [-0.05, 0) is 42.7 Å². The Morgan fingerprint density at radius 1 is 0.794 bits per heavy atom. The Bertz CT molecular complexity index is 1090. The molecule has 3 aromatic carbocycles. The van der Waals surface area contributed by atoms with Gasteiger partial charge in [-0.25, -0.2) is 0 Å². The molecule has 0 heterocycles. The van der Waals surface area contributed by atoms with Crippen molar-refractivity contribution in [2.45, 2.75) is 31.8 Å². The van der Waals surface area contributed by atoms with Crippen LogP contribution in [0, 0.1) is 0 Å². The largest absolute Gasteiger partial charge is 0.563 e. The smallest absolute Gasteiger partial charge is 0.545 e. The van der Waals surface area contributed by atoms with Crippen LogP contribution in [-0.4, -0.2) is 42.5 Å². The van der Waals surface area contributed by atoms with Crippen LogP contribution in [0.4, 0.5) is 0 Å². The van der Waals surface area contributed by atoms with Crippen LogP contribution >= 0.6 is 0 Å². The lowest BCUT2D eigenvalue weighted by Gasteiger charge is -2.08. The molecule has 0 aliphatic rings. The van der Waals surface area contributed by atoms with Crippen LogP contribution < -0.4 is 4.74 Å². The van der Waals surface area contributed by atoms with Gasteiger partial charge in [-0.2, -0.15) is 0 Å². The summed E-state index contributed by atoms with van der Waals surface area (Å²) in [4.78, 5) is 36.0. The van der Waals surface area contributed by atoms with Crippen molar-refractivity contribution in [3.8, 4) is 5.75 Å². The number of carbonyl (C=O) groups excluding carboxylic acids is 3. The fourth-order valence-electron chi connectivity index (χ4n) is 3.50. The van der Waals surface area contributed by atoms with E-state index in [1.807, 2.05) is 18.2 Å². The Morgan fingerprint density at radius 2 is 1.41 bits per heavy atom. The van der Waals surface area contributed by atoms with Crippen molar-refractivity contribution in [2.75, 3.05) is 13.7 Å². The lowest BCUT2D eigenvalue weighted by Crippen LogP contribution is -2.24. The molecule has 0 amide bonds. The predicted molar refractivity (Wildman–Crippen MR) is 130 cm³/mol. The highest BCUT2D eigenvalue weighted by Crippen LogP contribution is 2.17. The second-order valence-corrected chi connectivity index (χ2v) is 7.94. The quantitative estimate of drug-likeness (QED) is 0.217. The van der Waals surface area contributed by atoms with Gasteiger partial charge >= 0.3 is 5.97 Å². The summed E-state index contributed by atoms with van der Waals surface area (Å²) < 4.78 is 10.7. The van der Waals surface area contributed by atoms with Crippen LogP contribution in [0.1, 0.15) is 51.1 Å². The minimum atomic E-state index is -0.790. The predicted octanol–water partition coefficient (Wildman–Crippen LogP) is 4.16. The highest BCUT2D eigenvalue weighted by Gasteiger charge is 2.24. The van der Waals surface area contributed by atoms with Gasteiger partial charge in [0.05, 0.1) is 6.61 Å². The minimum absolute atomic E-state index is 0.0258. The SMILES string of the molecule is CO[C@@H](Cc1ccc(C(=O)CCCCOc2ccc(C(=O)c3ccccc3)cc2)cc1)C(=O)[OH2+]. The van der Waals surface area contributed by atoms with Crippen LogP contribution in [0.2, 0.25) is 0 Å². The van der Waals surface area contributed by atoms with Gasteiger partial charge in [0, 0.05) is 41.4 Å². The van der Waals surface area contributed by atoms with E-state index in [0.29, 0.717) is 48.3 Å². The first-order chi connectivity index (χ1) is 16.5. The maximum absolute atomic E-state index is 12.4. The molecule has 0 aliphatic carbocycles. The van der Waals surface area contributed by atoms with Crippen LogP contribution in [-0.2, 0) is 16.0 Å². The molecule has 176 valence electrons. The average molecular weight is 462 g/mol. The van der Waals surface area contributed by atoms with E-state index in [1.54, 1.807) is 60.7 Å². The second-order valence-electron chi connectivity index (χ2n) is 7.94. The first kappa shape index (κ1) is 24.9. The number of unbranched alkanes of at least 4 members (excludes halogenated alkanes) is 1. The molecule has 0 spiro atoms. The summed E-state index contributed by atoms with van der Waals surface area (Å²) in [5, 5.41) is 7.18. The van der Waals surface area contributed by atoms with Gasteiger partial charge in [-0.3, -0.25) is 9.59 Å². The van der Waals surface area contributed by atoms with Crippen molar-refractivity contribution in [1.29, 1.82) is 0 Å². The first-order valence-electron chi connectivity index (χ1n) is 11.2. The van der Waals surface area contributed by atoms with Gasteiger partial charge in [-0.1, -0.05) is 54.6 Å². The van der Waals surface area contributed by atoms with Gasteiger partial charge in [0.15, 0.2) is 11.6 Å². The number of rotatable bonds is 13. The maximum Gasteiger partial charge on any atom is 0.545 e. The number of Topliss-reactive ketones (excluding diaryl/α,β-unsaturated/α-hetero) is 1. The molecular formula is C28H29O6+. The third-order valence-electron chi connectivity index (χ3n) is 5.49. The molecule has 0 saturated carbocycles. The van der Waals surface area contributed by atoms with Crippen LogP contribution in [0.25, 0.3) is 0 Å². The van der Waals surface area contributed by atoms with Crippen molar-refractivity contribution in [3.63, 3.8) is 0 Å². The highest BCUT2D eigenvalue weighted by molar-refractivity contribution is 6.09. The Labute approximate surface area is 199 Å². The summed E-state index contributed by atoms with van der Waals surface area (Å²) in [7, 11) is 1.40. The van der Waals surface area contributed by atoms with Crippen molar-refractivity contribution >= 4 is 17.5 Å². The van der Waals surface area contributed by atoms with Crippen LogP contribution in [0.5, 0.6) is 5.75 Å². The van der Waals surface area contributed by atoms with Gasteiger partial charge in [0.1, 0.15) is 5.75 Å². The average Bonchev–Trinajstić information content (AvgIpc) is 2.87. The molecular weight excluding hydrogens is 432 g/mol. The molecule has 0 radical (unpaired) electrons. The van der Waals surface area contributed by atoms with E-state index < -0.39 is 12.1 Å². The zero-order valence-electron chi connectivity index (χ0n) is 19.2. The van der Waals surface area contributed by atoms with E-state index in [2.05, 4.69) is 0 Å². The molecule has 1 atom stereocenters. The molecule has 0 aromatic heterocycles. The van der Waals surface area contributed by atoms with Crippen molar-refractivity contribution in [3.05, 3.63) is 101 Å². The summed E-state index contributed by atoms with van der Waals surface area (Å²) in [6.07, 6.45) is 1.37. The van der Waals surface area contributed by atoms with Crippen molar-refractivity contribution < 1.29 is 29.0 Å². The molecule has 0 bridgehead atoms. The Hall–Kier alpha value is -3.77. The lowest BCUT2D eigenvalue weighted by atomic mass is 10.0. The number of hydrogen-bond acceptors (Lipinski definition) is 5. The summed E-state index contributed by atoms with van der Waals surface area (Å²) in [6.45, 7) is 0.484. The third kappa shape index (κ3) is 7.12. The Morgan fingerprint density at radius 3 is 2.03 bits per heavy atom. The van der Waals surface area contributed by atoms with E-state index in [4.69, 9.17) is 14.6 Å². The Kier molecular flexibility index (Phi) is 9.12. The van der Waals surface area contributed by atoms with E-state index in [-0.39, 0.29) is 11.6 Å². The summed E-state index contributed by atoms with van der Waals surface area (Å²) in [5.74, 6) is -0.0502. The number of benzene rings is 3. The number of methoxy groups -OCH3 is 1. The summed E-state index contributed by atoms with van der Waals surface area (Å²) in [6, 6.07) is 23.3. The minimum Gasteiger partial charge on any atom is -0.563 e. The topological polar surface area (TPSA) is 92.6 Å². The monoisotopic (exact) mass is 461 g/mol. The Balaban J connectivity index is 1.39. The molecule has 0 unspecified atom stereocenters. The normalized spacial score (nSPS) is 11.6. The molecule has 3 aromatic rings. The molecule has 0 saturated heterocycles. The van der Waals surface area contributed by atoms with Crippen molar-refractivity contribution in [2.24, 2.45) is 0 Å². The van der Waals surface area contributed by atoms with Gasteiger partial charge < -0.3 is 14.6 Å². The first-order valence-corrected chi connectivity index (χ1v) is 11.2. The molecule has 0 fully saturated rings. The number of carbonyl (C=O) groups is 3. The fourth-order valence-corrected chi connectivity index (χ4v) is 3.50. The highest BCUT2D eigenvalue weighted by atomic mass is 16.5. The fraction of sp³-hybridized carbons (Fsp3) is 0.250. The second kappa shape index (κ2) is 12.5. The molecule has 3 rings (SSSR count). The molecule has 0 aliphatic heterocycles. The standard InChI is InChI=1S/C28H28O6/c1-33-26(28(31)32)19-20-10-12-21(13-11-20)25(29)9-5-6-18-34-24-16-14-23(15-17-24)27(30)22-7-3-2-4-8-22/h2-4,7-8,10-17,26H,5-6,9,18-19H2,1H3,(H,31,32)/p+1/t26-/m0/s1. The van der Waals surface area contributed by atoms with Crippen molar-refractivity contribution in [1.82, 2.24) is 0 Å². The van der Waals surface area contributed by atoms with Gasteiger partial charge in [0.25, 0.3) is 0 Å². The van der Waals surface area contributed by atoms with Gasteiger partial charge in [-0.15, -0.1) is 0 Å². The third-order valence-corrected chi connectivity index (χ3v) is 5.49. The molecule has 34 heavy (non-hydrogen) atoms. The summed E-state index contributed by atoms with van der Waals surface area (Å²) >= 11 is 0. The molecule has 6 nitrogen and oxygen atoms in total. The zero-order chi connectivity index (χ0) is 24.3. The number of ether oxygens (including phenoxy) is 2. The van der Waals surface area contributed by atoms with E-state index >= 15 is 0 Å². The van der Waals surface area contributed by atoms with Gasteiger partial charge in [0.2, 0.25) is 6.10 Å². The molecule has 6 heteroatoms. The van der Waals surface area contributed by atoms with Crippen LogP contribution in [0.3, 0.4) is 0 Å². The maximum atomic E-state index is 12.4. The number of hydrogen-bond donors (Lipinski definition) is 0. The summed E-state index contributed by atoms with van der Waals surface area (Å²) in [5.41, 5.74) is 2.72. The molecule has 2 N–H and O–H groups in total. The zero-order valence-corrected chi connectivity index (χ0v) is 19.2. The van der Waals surface area contributed by atoms with E-state index in [1.165, 1.54) is 7.11 Å². The lowest BCUT2D eigenvalue weighted by molar-refractivity contribution is -0.148. The van der Waals surface area contributed by atoms with E-state index in [9.17, 15) is 14.4 Å².